The molecule has 0 atom stereocenters. The van der Waals surface area contributed by atoms with Crippen LogP contribution in [-0.2, 0) is 6.42 Å². The van der Waals surface area contributed by atoms with Crippen molar-refractivity contribution in [3.05, 3.63) is 34.3 Å². The summed E-state index contributed by atoms with van der Waals surface area (Å²) in [7, 11) is 0. The van der Waals surface area contributed by atoms with E-state index in [1.54, 1.807) is 0 Å². The third-order valence-corrected chi connectivity index (χ3v) is 5.56. The first-order valence-corrected chi connectivity index (χ1v) is 9.49. The van der Waals surface area contributed by atoms with Gasteiger partial charge in [-0.15, -0.1) is 0 Å². The van der Waals surface area contributed by atoms with Crippen LogP contribution < -0.4 is 5.32 Å². The maximum atomic E-state index is 3.61. The van der Waals surface area contributed by atoms with Crippen LogP contribution in [0.2, 0.25) is 0 Å². The average Bonchev–Trinajstić information content (AvgIpc) is 2.52. The monoisotopic (exact) mass is 351 g/mol. The predicted octanol–water partition coefficient (Wildman–Crippen LogP) is 5.72. The van der Waals surface area contributed by atoms with Crippen LogP contribution in [0.4, 0.5) is 0 Å². The fraction of sp³-hybridized carbons (Fsp3) is 0.684. The van der Waals surface area contributed by atoms with E-state index in [1.165, 1.54) is 80.9 Å². The molecule has 0 spiro atoms. The molecule has 1 aliphatic carbocycles. The maximum Gasteiger partial charge on any atom is 0.0175 e. The smallest absolute Gasteiger partial charge is 0.0175 e. The summed E-state index contributed by atoms with van der Waals surface area (Å²) in [5, 5.41) is 3.61. The molecule has 2 heteroatoms. The number of benzene rings is 1. The number of hydrogen-bond acceptors (Lipinski definition) is 1. The zero-order valence-corrected chi connectivity index (χ0v) is 15.1. The molecular formula is C19H30BrN. The first-order valence-electron chi connectivity index (χ1n) is 8.69. The van der Waals surface area contributed by atoms with Gasteiger partial charge < -0.3 is 5.32 Å². The molecule has 1 aromatic rings. The van der Waals surface area contributed by atoms with Crippen molar-refractivity contribution in [3.8, 4) is 0 Å². The molecule has 0 aliphatic heterocycles. The van der Waals surface area contributed by atoms with Gasteiger partial charge in [-0.25, -0.2) is 0 Å². The Bertz CT molecular complexity index is 393. The van der Waals surface area contributed by atoms with Crippen molar-refractivity contribution >= 4 is 15.9 Å². The van der Waals surface area contributed by atoms with E-state index in [9.17, 15) is 0 Å². The fourth-order valence-electron chi connectivity index (χ4n) is 3.64. The van der Waals surface area contributed by atoms with Crippen LogP contribution in [0.15, 0.2) is 28.7 Å². The van der Waals surface area contributed by atoms with Crippen LogP contribution in [0.3, 0.4) is 0 Å². The summed E-state index contributed by atoms with van der Waals surface area (Å²) in [6, 6.07) is 8.89. The molecule has 1 nitrogen and oxygen atoms in total. The minimum absolute atomic E-state index is 0.603. The lowest BCUT2D eigenvalue weighted by atomic mass is 9.68. The van der Waals surface area contributed by atoms with Gasteiger partial charge in [-0.05, 0) is 74.7 Å². The highest BCUT2D eigenvalue weighted by Gasteiger charge is 2.30. The molecule has 1 saturated carbocycles. The Labute approximate surface area is 139 Å². The van der Waals surface area contributed by atoms with Crippen molar-refractivity contribution in [1.82, 2.24) is 5.32 Å². The van der Waals surface area contributed by atoms with Gasteiger partial charge in [0.2, 0.25) is 0 Å². The maximum absolute atomic E-state index is 3.61. The molecule has 0 saturated heterocycles. The van der Waals surface area contributed by atoms with E-state index in [-0.39, 0.29) is 0 Å². The largest absolute Gasteiger partial charge is 0.317 e. The zero-order valence-electron chi connectivity index (χ0n) is 13.5. The summed E-state index contributed by atoms with van der Waals surface area (Å²) in [6.45, 7) is 4.62. The van der Waals surface area contributed by atoms with E-state index in [1.807, 2.05) is 0 Å². The van der Waals surface area contributed by atoms with Crippen LogP contribution in [0.5, 0.6) is 0 Å². The number of halogens is 1. The summed E-state index contributed by atoms with van der Waals surface area (Å²) in [5.41, 5.74) is 2.09. The third kappa shape index (κ3) is 5.75. The highest BCUT2D eigenvalue weighted by atomic mass is 79.9. The lowest BCUT2D eigenvalue weighted by Crippen LogP contribution is -2.30. The molecule has 21 heavy (non-hydrogen) atoms. The van der Waals surface area contributed by atoms with Crippen LogP contribution in [0.1, 0.15) is 63.9 Å². The molecule has 0 amide bonds. The van der Waals surface area contributed by atoms with Gasteiger partial charge in [-0.3, -0.25) is 0 Å². The molecule has 0 unspecified atom stereocenters. The second kappa shape index (κ2) is 8.95. The molecule has 1 N–H and O–H groups in total. The summed E-state index contributed by atoms with van der Waals surface area (Å²) >= 11 is 3.52. The fourth-order valence-corrected chi connectivity index (χ4v) is 3.91. The normalized spacial score (nSPS) is 17.8. The number of nitrogens with one attached hydrogen (secondary N) is 1. The molecule has 1 aliphatic rings. The van der Waals surface area contributed by atoms with Crippen LogP contribution in [-0.4, -0.2) is 13.1 Å². The van der Waals surface area contributed by atoms with Gasteiger partial charge in [0.05, 0.1) is 0 Å². The summed E-state index contributed by atoms with van der Waals surface area (Å²) < 4.78 is 1.18. The predicted molar refractivity (Wildman–Crippen MR) is 95.8 cm³/mol. The lowest BCUT2D eigenvalue weighted by Gasteiger charge is -2.38. The van der Waals surface area contributed by atoms with Crippen molar-refractivity contribution in [3.63, 3.8) is 0 Å². The molecule has 0 heterocycles. The Morgan fingerprint density at radius 1 is 1.00 bits per heavy atom. The quantitative estimate of drug-likeness (QED) is 0.590. The van der Waals surface area contributed by atoms with Gasteiger partial charge >= 0.3 is 0 Å². The summed E-state index contributed by atoms with van der Waals surface area (Å²) in [6.07, 6.45) is 12.4. The standard InChI is InChI=1S/C19H30BrN/c1-2-15-21-16-14-19(11-4-3-5-12-19)13-10-17-6-8-18(20)9-7-17/h6-9,21H,2-5,10-16H2,1H3. The SMILES string of the molecule is CCCNCCC1(CCc2ccc(Br)cc2)CCCCC1. The van der Waals surface area contributed by atoms with Gasteiger partial charge in [0.15, 0.2) is 0 Å². The van der Waals surface area contributed by atoms with Crippen LogP contribution in [0.25, 0.3) is 0 Å². The zero-order chi connectivity index (χ0) is 15.0. The van der Waals surface area contributed by atoms with Gasteiger partial charge in [0.25, 0.3) is 0 Å². The highest BCUT2D eigenvalue weighted by molar-refractivity contribution is 9.10. The highest BCUT2D eigenvalue weighted by Crippen LogP contribution is 2.42. The Morgan fingerprint density at radius 3 is 2.38 bits per heavy atom. The average molecular weight is 352 g/mol. The van der Waals surface area contributed by atoms with Crippen molar-refractivity contribution in [2.75, 3.05) is 13.1 Å². The third-order valence-electron chi connectivity index (χ3n) is 5.03. The van der Waals surface area contributed by atoms with E-state index in [0.717, 1.165) is 0 Å². The second-order valence-corrected chi connectivity index (χ2v) is 7.60. The molecule has 0 aromatic heterocycles. The molecule has 1 aromatic carbocycles. The van der Waals surface area contributed by atoms with Crippen LogP contribution >= 0.6 is 15.9 Å². The minimum atomic E-state index is 0.603. The molecule has 0 bridgehead atoms. The van der Waals surface area contributed by atoms with E-state index in [2.05, 4.69) is 52.4 Å². The summed E-state index contributed by atoms with van der Waals surface area (Å²) in [4.78, 5) is 0. The minimum Gasteiger partial charge on any atom is -0.317 e. The van der Waals surface area contributed by atoms with E-state index < -0.39 is 0 Å². The Kier molecular flexibility index (Phi) is 7.25. The molecule has 118 valence electrons. The van der Waals surface area contributed by atoms with Gasteiger partial charge in [-0.2, -0.15) is 0 Å². The van der Waals surface area contributed by atoms with Gasteiger partial charge in [0.1, 0.15) is 0 Å². The number of hydrogen-bond donors (Lipinski definition) is 1. The Hall–Kier alpha value is -0.340. The Morgan fingerprint density at radius 2 is 1.71 bits per heavy atom. The molecule has 2 rings (SSSR count). The van der Waals surface area contributed by atoms with Crippen molar-refractivity contribution in [2.45, 2.75) is 64.7 Å². The lowest BCUT2D eigenvalue weighted by molar-refractivity contribution is 0.156. The summed E-state index contributed by atoms with van der Waals surface area (Å²) in [5.74, 6) is 0. The number of aryl methyl sites for hydroxylation is 1. The van der Waals surface area contributed by atoms with E-state index >= 15 is 0 Å². The number of rotatable bonds is 8. The first-order chi connectivity index (χ1) is 10.2. The molecule has 0 radical (unpaired) electrons. The van der Waals surface area contributed by atoms with Gasteiger partial charge in [0, 0.05) is 4.47 Å². The molecule has 1 fully saturated rings. The van der Waals surface area contributed by atoms with E-state index in [0.29, 0.717) is 5.41 Å². The topological polar surface area (TPSA) is 12.0 Å². The first kappa shape index (κ1) is 17.0. The van der Waals surface area contributed by atoms with E-state index in [4.69, 9.17) is 0 Å². The van der Waals surface area contributed by atoms with Crippen molar-refractivity contribution < 1.29 is 0 Å². The van der Waals surface area contributed by atoms with Crippen LogP contribution in [0, 0.1) is 5.41 Å². The Balaban J connectivity index is 1.87. The molecular weight excluding hydrogens is 322 g/mol. The van der Waals surface area contributed by atoms with Crippen molar-refractivity contribution in [1.29, 1.82) is 0 Å². The van der Waals surface area contributed by atoms with Gasteiger partial charge in [-0.1, -0.05) is 54.2 Å². The van der Waals surface area contributed by atoms with Crippen molar-refractivity contribution in [2.24, 2.45) is 5.41 Å². The second-order valence-electron chi connectivity index (χ2n) is 6.69.